The van der Waals surface area contributed by atoms with Crippen molar-refractivity contribution in [1.29, 1.82) is 0 Å². The Bertz CT molecular complexity index is 1020. The number of carbonyl (C=O) groups is 1. The summed E-state index contributed by atoms with van der Waals surface area (Å²) in [6, 6.07) is 13.8. The van der Waals surface area contributed by atoms with Crippen molar-refractivity contribution >= 4 is 5.91 Å². The molecule has 30 heavy (non-hydrogen) atoms. The Kier molecular flexibility index (Phi) is 5.04. The van der Waals surface area contributed by atoms with Crippen LogP contribution >= 0.6 is 0 Å². The van der Waals surface area contributed by atoms with Crippen LogP contribution in [-0.4, -0.2) is 50.8 Å². The first-order valence-electron chi connectivity index (χ1n) is 10.3. The Morgan fingerprint density at radius 1 is 1.03 bits per heavy atom. The van der Waals surface area contributed by atoms with Gasteiger partial charge >= 0.3 is 0 Å². The second-order valence-corrected chi connectivity index (χ2v) is 7.62. The zero-order chi connectivity index (χ0) is 20.3. The topological polar surface area (TPSA) is 82.4 Å². The maximum Gasteiger partial charge on any atom is 0.254 e. The molecular formula is C22H23N5O3. The van der Waals surface area contributed by atoms with Crippen LogP contribution in [0.1, 0.15) is 46.8 Å². The van der Waals surface area contributed by atoms with E-state index >= 15 is 0 Å². The van der Waals surface area contributed by atoms with Crippen LogP contribution in [0.3, 0.4) is 0 Å². The number of hydrogen-bond acceptors (Lipinski definition) is 6. The molecule has 1 fully saturated rings. The molecule has 2 aromatic carbocycles. The van der Waals surface area contributed by atoms with Crippen molar-refractivity contribution in [3.63, 3.8) is 0 Å². The molecule has 154 valence electrons. The number of aromatic nitrogens is 4. The molecule has 3 aromatic rings. The van der Waals surface area contributed by atoms with Crippen molar-refractivity contribution in [3.05, 3.63) is 65.5 Å². The van der Waals surface area contributed by atoms with Crippen molar-refractivity contribution in [1.82, 2.24) is 25.1 Å². The first-order chi connectivity index (χ1) is 14.8. The van der Waals surface area contributed by atoms with Gasteiger partial charge in [-0.1, -0.05) is 18.2 Å². The fourth-order valence-corrected chi connectivity index (χ4v) is 4.10. The predicted molar refractivity (Wildman–Crippen MR) is 108 cm³/mol. The maximum atomic E-state index is 13.2. The van der Waals surface area contributed by atoms with Crippen molar-refractivity contribution in [2.75, 3.05) is 19.8 Å². The Balaban J connectivity index is 1.33. The quantitative estimate of drug-likeness (QED) is 0.664. The van der Waals surface area contributed by atoms with E-state index in [0.29, 0.717) is 25.3 Å². The number of carbonyl (C=O) groups excluding carboxylic acids is 1. The number of hydrogen-bond donors (Lipinski definition) is 0. The zero-order valence-corrected chi connectivity index (χ0v) is 16.6. The third kappa shape index (κ3) is 3.72. The fourth-order valence-electron chi connectivity index (χ4n) is 4.10. The summed E-state index contributed by atoms with van der Waals surface area (Å²) in [6.45, 7) is 2.65. The average molecular weight is 405 g/mol. The number of rotatable bonds is 4. The first kappa shape index (κ1) is 18.6. The second-order valence-electron chi connectivity index (χ2n) is 7.62. The Hall–Kier alpha value is -3.42. The summed E-state index contributed by atoms with van der Waals surface area (Å²) < 4.78 is 13.2. The lowest BCUT2D eigenvalue weighted by Crippen LogP contribution is -2.30. The lowest BCUT2D eigenvalue weighted by atomic mass is 10.0. The Labute approximate surface area is 174 Å². The molecule has 0 saturated carbocycles. The zero-order valence-electron chi connectivity index (χ0n) is 16.6. The maximum absolute atomic E-state index is 13.2. The lowest BCUT2D eigenvalue weighted by molar-refractivity contribution is 0.0735. The molecule has 2 aliphatic heterocycles. The third-order valence-electron chi connectivity index (χ3n) is 5.61. The van der Waals surface area contributed by atoms with Crippen molar-refractivity contribution in [2.45, 2.75) is 31.8 Å². The minimum absolute atomic E-state index is 0.0514. The van der Waals surface area contributed by atoms with Crippen LogP contribution in [0, 0.1) is 0 Å². The summed E-state index contributed by atoms with van der Waals surface area (Å²) in [5.41, 5.74) is 2.83. The van der Waals surface area contributed by atoms with Gasteiger partial charge in [-0.2, -0.15) is 0 Å². The number of fused-ring (bicyclic) bond motifs is 1. The number of amides is 1. The molecule has 1 atom stereocenters. The largest absolute Gasteiger partial charge is 0.490 e. The molecule has 0 spiro atoms. The van der Waals surface area contributed by atoms with Crippen LogP contribution in [0.2, 0.25) is 0 Å². The molecule has 0 radical (unpaired) electrons. The van der Waals surface area contributed by atoms with Crippen LogP contribution < -0.4 is 9.47 Å². The second kappa shape index (κ2) is 8.14. The molecule has 5 rings (SSSR count). The molecule has 0 bridgehead atoms. The van der Waals surface area contributed by atoms with Crippen molar-refractivity contribution < 1.29 is 14.3 Å². The van der Waals surface area contributed by atoms with Gasteiger partial charge in [0.1, 0.15) is 6.33 Å². The Morgan fingerprint density at radius 3 is 2.67 bits per heavy atom. The summed E-state index contributed by atoms with van der Waals surface area (Å²) in [6.07, 6.45) is 4.38. The van der Waals surface area contributed by atoms with Gasteiger partial charge in [-0.25, -0.2) is 4.68 Å². The van der Waals surface area contributed by atoms with Gasteiger partial charge in [-0.05, 0) is 58.7 Å². The summed E-state index contributed by atoms with van der Waals surface area (Å²) in [4.78, 5) is 15.2. The van der Waals surface area contributed by atoms with E-state index in [0.717, 1.165) is 48.4 Å². The van der Waals surface area contributed by atoms with E-state index < -0.39 is 0 Å². The van der Waals surface area contributed by atoms with E-state index in [4.69, 9.17) is 9.47 Å². The highest BCUT2D eigenvalue weighted by Crippen LogP contribution is 2.38. The SMILES string of the molecule is O=C(c1ccc(Cn2cnnn2)cc1)N1CCC[C@@H]1c1ccc2c(c1)OCCCO2. The Morgan fingerprint density at radius 2 is 1.87 bits per heavy atom. The molecule has 2 aliphatic rings. The summed E-state index contributed by atoms with van der Waals surface area (Å²) in [7, 11) is 0. The van der Waals surface area contributed by atoms with Crippen molar-refractivity contribution in [3.8, 4) is 11.5 Å². The molecule has 8 nitrogen and oxygen atoms in total. The molecule has 1 aromatic heterocycles. The van der Waals surface area contributed by atoms with Gasteiger partial charge in [0.2, 0.25) is 0 Å². The van der Waals surface area contributed by atoms with Gasteiger partial charge < -0.3 is 14.4 Å². The van der Waals surface area contributed by atoms with Gasteiger partial charge in [0.05, 0.1) is 25.8 Å². The number of likely N-dealkylation sites (tertiary alicyclic amines) is 1. The first-order valence-corrected chi connectivity index (χ1v) is 10.3. The highest BCUT2D eigenvalue weighted by atomic mass is 16.5. The van der Waals surface area contributed by atoms with Gasteiger partial charge in [0, 0.05) is 18.5 Å². The predicted octanol–water partition coefficient (Wildman–Crippen LogP) is 2.86. The molecule has 0 aliphatic carbocycles. The highest BCUT2D eigenvalue weighted by molar-refractivity contribution is 5.94. The van der Waals surface area contributed by atoms with E-state index in [2.05, 4.69) is 21.6 Å². The molecule has 1 amide bonds. The molecule has 8 heteroatoms. The average Bonchev–Trinajstić information content (AvgIpc) is 3.41. The lowest BCUT2D eigenvalue weighted by Gasteiger charge is -2.26. The number of tetrazole rings is 1. The van der Waals surface area contributed by atoms with Crippen LogP contribution in [0.4, 0.5) is 0 Å². The van der Waals surface area contributed by atoms with Gasteiger partial charge in [-0.3, -0.25) is 4.79 Å². The van der Waals surface area contributed by atoms with Crippen LogP contribution in [0.5, 0.6) is 11.5 Å². The van der Waals surface area contributed by atoms with E-state index in [-0.39, 0.29) is 11.9 Å². The smallest absolute Gasteiger partial charge is 0.254 e. The molecule has 1 saturated heterocycles. The third-order valence-corrected chi connectivity index (χ3v) is 5.61. The van der Waals surface area contributed by atoms with Crippen molar-refractivity contribution in [2.24, 2.45) is 0 Å². The summed E-state index contributed by atoms with van der Waals surface area (Å²) in [5.74, 6) is 1.61. The summed E-state index contributed by atoms with van der Waals surface area (Å²) in [5, 5.41) is 11.2. The van der Waals surface area contributed by atoms with Gasteiger partial charge in [0.25, 0.3) is 5.91 Å². The molecule has 3 heterocycles. The fraction of sp³-hybridized carbons (Fsp3) is 0.364. The van der Waals surface area contributed by atoms with Gasteiger partial charge in [0.15, 0.2) is 11.5 Å². The normalized spacial score (nSPS) is 18.3. The van der Waals surface area contributed by atoms with Gasteiger partial charge in [-0.15, -0.1) is 5.10 Å². The highest BCUT2D eigenvalue weighted by Gasteiger charge is 2.31. The van der Waals surface area contributed by atoms with E-state index in [1.165, 1.54) is 0 Å². The molecule has 0 N–H and O–H groups in total. The minimum Gasteiger partial charge on any atom is -0.490 e. The molecular weight excluding hydrogens is 382 g/mol. The van der Waals surface area contributed by atoms with Crippen LogP contribution in [-0.2, 0) is 6.54 Å². The molecule has 0 unspecified atom stereocenters. The standard InChI is InChI=1S/C22H23N5O3/c28-22(17-6-4-16(5-7-17)14-26-15-23-24-25-26)27-10-1-3-19(27)18-8-9-20-21(13-18)30-12-2-11-29-20/h4-9,13,15,19H,1-3,10-12,14H2/t19-/m1/s1. The minimum atomic E-state index is 0.0514. The van der Waals surface area contributed by atoms with E-state index in [9.17, 15) is 4.79 Å². The van der Waals surface area contributed by atoms with E-state index in [1.54, 1.807) is 11.0 Å². The number of nitrogens with zero attached hydrogens (tertiary/aromatic N) is 5. The summed E-state index contributed by atoms with van der Waals surface area (Å²) >= 11 is 0. The van der Waals surface area contributed by atoms with Crippen LogP contribution in [0.15, 0.2) is 48.8 Å². The number of benzene rings is 2. The van der Waals surface area contributed by atoms with Crippen LogP contribution in [0.25, 0.3) is 0 Å². The monoisotopic (exact) mass is 405 g/mol. The van der Waals surface area contributed by atoms with E-state index in [1.807, 2.05) is 41.3 Å². The number of ether oxygens (including phenoxy) is 2.